The molecule has 1 N–H and O–H groups in total. The first kappa shape index (κ1) is 12.2. The van der Waals surface area contributed by atoms with Crippen molar-refractivity contribution in [2.45, 2.75) is 25.4 Å². The maximum atomic E-state index is 13.0. The quantitative estimate of drug-likeness (QED) is 0.876. The van der Waals surface area contributed by atoms with E-state index in [2.05, 4.69) is 5.32 Å². The molecule has 1 aromatic carbocycles. The molecule has 1 saturated heterocycles. The number of benzene rings is 1. The van der Waals surface area contributed by atoms with E-state index >= 15 is 0 Å². The summed E-state index contributed by atoms with van der Waals surface area (Å²) in [5.41, 5.74) is 0.808. The van der Waals surface area contributed by atoms with Crippen LogP contribution in [0, 0.1) is 5.82 Å². The van der Waals surface area contributed by atoms with E-state index in [0.717, 1.165) is 31.7 Å². The van der Waals surface area contributed by atoms with Crippen LogP contribution in [0.2, 0.25) is 0 Å². The maximum absolute atomic E-state index is 13.0. The minimum Gasteiger partial charge on any atom is -0.494 e. The molecule has 0 amide bonds. The van der Waals surface area contributed by atoms with Crippen LogP contribution in [0.3, 0.4) is 0 Å². The van der Waals surface area contributed by atoms with Crippen LogP contribution in [0.5, 0.6) is 5.75 Å². The fourth-order valence-corrected chi connectivity index (χ4v) is 2.00. The van der Waals surface area contributed by atoms with Gasteiger partial charge in [-0.1, -0.05) is 0 Å². The Kier molecular flexibility index (Phi) is 4.20. The summed E-state index contributed by atoms with van der Waals surface area (Å²) >= 11 is 0. The molecule has 94 valence electrons. The van der Waals surface area contributed by atoms with Gasteiger partial charge in [0.1, 0.15) is 11.6 Å². The summed E-state index contributed by atoms with van der Waals surface area (Å²) in [7, 11) is 1.54. The Bertz CT molecular complexity index is 364. The van der Waals surface area contributed by atoms with Crippen LogP contribution in [-0.4, -0.2) is 26.4 Å². The van der Waals surface area contributed by atoms with E-state index in [1.54, 1.807) is 6.07 Å². The van der Waals surface area contributed by atoms with Crippen LogP contribution in [0.25, 0.3) is 0 Å². The molecular formula is C13H18FNO2. The summed E-state index contributed by atoms with van der Waals surface area (Å²) < 4.78 is 23.7. The lowest BCUT2D eigenvalue weighted by Crippen LogP contribution is -2.27. The molecule has 4 heteroatoms. The number of hydrogen-bond acceptors (Lipinski definition) is 3. The maximum Gasteiger partial charge on any atom is 0.144 e. The van der Waals surface area contributed by atoms with Gasteiger partial charge in [0.2, 0.25) is 0 Å². The van der Waals surface area contributed by atoms with E-state index in [0.29, 0.717) is 5.75 Å². The average molecular weight is 239 g/mol. The van der Waals surface area contributed by atoms with Crippen molar-refractivity contribution in [3.63, 3.8) is 0 Å². The second-order valence-electron chi connectivity index (χ2n) is 4.21. The SMILES string of the molecule is COc1cc(F)ccc1NCC1CCCCO1. The predicted molar refractivity (Wildman–Crippen MR) is 65.0 cm³/mol. The molecule has 0 aliphatic carbocycles. The first-order chi connectivity index (χ1) is 8.29. The number of anilines is 1. The molecule has 1 unspecified atom stereocenters. The Morgan fingerprint density at radius 3 is 3.06 bits per heavy atom. The van der Waals surface area contributed by atoms with Gasteiger partial charge in [-0.05, 0) is 31.4 Å². The van der Waals surface area contributed by atoms with Crippen molar-refractivity contribution in [1.82, 2.24) is 0 Å². The van der Waals surface area contributed by atoms with Crippen LogP contribution in [-0.2, 0) is 4.74 Å². The highest BCUT2D eigenvalue weighted by Crippen LogP contribution is 2.25. The molecule has 0 spiro atoms. The highest BCUT2D eigenvalue weighted by atomic mass is 19.1. The molecule has 1 fully saturated rings. The zero-order valence-electron chi connectivity index (χ0n) is 10.0. The van der Waals surface area contributed by atoms with E-state index in [-0.39, 0.29) is 11.9 Å². The van der Waals surface area contributed by atoms with E-state index in [1.807, 2.05) is 0 Å². The highest BCUT2D eigenvalue weighted by Gasteiger charge is 2.14. The van der Waals surface area contributed by atoms with Crippen molar-refractivity contribution in [2.75, 3.05) is 25.6 Å². The van der Waals surface area contributed by atoms with Gasteiger partial charge >= 0.3 is 0 Å². The van der Waals surface area contributed by atoms with Gasteiger partial charge in [-0.25, -0.2) is 4.39 Å². The minimum absolute atomic E-state index is 0.249. The summed E-state index contributed by atoms with van der Waals surface area (Å²) in [6.07, 6.45) is 3.69. The van der Waals surface area contributed by atoms with Gasteiger partial charge in [-0.3, -0.25) is 0 Å². The average Bonchev–Trinajstić information content (AvgIpc) is 2.38. The summed E-state index contributed by atoms with van der Waals surface area (Å²) in [4.78, 5) is 0. The fraction of sp³-hybridized carbons (Fsp3) is 0.538. The van der Waals surface area contributed by atoms with Crippen molar-refractivity contribution in [2.24, 2.45) is 0 Å². The van der Waals surface area contributed by atoms with Crippen molar-refractivity contribution < 1.29 is 13.9 Å². The third-order valence-corrected chi connectivity index (χ3v) is 2.96. The summed E-state index contributed by atoms with van der Waals surface area (Å²) in [6.45, 7) is 1.58. The lowest BCUT2D eigenvalue weighted by Gasteiger charge is -2.23. The van der Waals surface area contributed by atoms with Gasteiger partial charge in [0.15, 0.2) is 0 Å². The monoisotopic (exact) mass is 239 g/mol. The second-order valence-corrected chi connectivity index (χ2v) is 4.21. The smallest absolute Gasteiger partial charge is 0.144 e. The molecule has 2 rings (SSSR count). The van der Waals surface area contributed by atoms with E-state index in [9.17, 15) is 4.39 Å². The molecule has 1 aliphatic rings. The Labute approximate surface area is 101 Å². The van der Waals surface area contributed by atoms with E-state index in [1.165, 1.54) is 25.7 Å². The highest BCUT2D eigenvalue weighted by molar-refractivity contribution is 5.56. The second kappa shape index (κ2) is 5.87. The molecule has 0 aromatic heterocycles. The third kappa shape index (κ3) is 3.33. The van der Waals surface area contributed by atoms with Crippen LogP contribution >= 0.6 is 0 Å². The van der Waals surface area contributed by atoms with Gasteiger partial charge < -0.3 is 14.8 Å². The van der Waals surface area contributed by atoms with Crippen LogP contribution in [0.4, 0.5) is 10.1 Å². The van der Waals surface area contributed by atoms with Crippen LogP contribution in [0.15, 0.2) is 18.2 Å². The molecule has 1 aliphatic heterocycles. The van der Waals surface area contributed by atoms with Crippen molar-refractivity contribution in [1.29, 1.82) is 0 Å². The third-order valence-electron chi connectivity index (χ3n) is 2.96. The first-order valence-electron chi connectivity index (χ1n) is 5.98. The number of ether oxygens (including phenoxy) is 2. The Hall–Kier alpha value is -1.29. The number of halogens is 1. The van der Waals surface area contributed by atoms with Crippen molar-refractivity contribution in [3.05, 3.63) is 24.0 Å². The Morgan fingerprint density at radius 2 is 2.35 bits per heavy atom. The zero-order chi connectivity index (χ0) is 12.1. The molecule has 17 heavy (non-hydrogen) atoms. The molecule has 1 atom stereocenters. The van der Waals surface area contributed by atoms with Crippen molar-refractivity contribution >= 4 is 5.69 Å². The fourth-order valence-electron chi connectivity index (χ4n) is 2.00. The molecule has 3 nitrogen and oxygen atoms in total. The number of hydrogen-bond donors (Lipinski definition) is 1. The predicted octanol–water partition coefficient (Wildman–Crippen LogP) is 2.82. The molecule has 0 radical (unpaired) electrons. The topological polar surface area (TPSA) is 30.5 Å². The lowest BCUT2D eigenvalue weighted by atomic mass is 10.1. The molecule has 1 aromatic rings. The van der Waals surface area contributed by atoms with E-state index < -0.39 is 0 Å². The number of nitrogens with one attached hydrogen (secondary N) is 1. The Morgan fingerprint density at radius 1 is 1.47 bits per heavy atom. The normalized spacial score (nSPS) is 20.0. The molecule has 0 bridgehead atoms. The first-order valence-corrected chi connectivity index (χ1v) is 5.98. The lowest BCUT2D eigenvalue weighted by molar-refractivity contribution is 0.0247. The largest absolute Gasteiger partial charge is 0.494 e. The minimum atomic E-state index is -0.290. The van der Waals surface area contributed by atoms with Gasteiger partial charge in [-0.2, -0.15) is 0 Å². The van der Waals surface area contributed by atoms with Crippen molar-refractivity contribution in [3.8, 4) is 5.75 Å². The van der Waals surface area contributed by atoms with E-state index in [4.69, 9.17) is 9.47 Å². The van der Waals surface area contributed by atoms with Gasteiger partial charge in [0, 0.05) is 19.2 Å². The number of rotatable bonds is 4. The standard InChI is InChI=1S/C13H18FNO2/c1-16-13-8-10(14)5-6-12(13)15-9-11-4-2-3-7-17-11/h5-6,8,11,15H,2-4,7,9H2,1H3. The van der Waals surface area contributed by atoms with Crippen LogP contribution < -0.4 is 10.1 Å². The van der Waals surface area contributed by atoms with Gasteiger partial charge in [-0.15, -0.1) is 0 Å². The molecule has 0 saturated carbocycles. The molecule has 1 heterocycles. The summed E-state index contributed by atoms with van der Waals surface area (Å²) in [5, 5.41) is 3.24. The zero-order valence-corrected chi connectivity index (χ0v) is 10.0. The Balaban J connectivity index is 1.93. The number of methoxy groups -OCH3 is 1. The van der Waals surface area contributed by atoms with Crippen LogP contribution in [0.1, 0.15) is 19.3 Å². The summed E-state index contributed by atoms with van der Waals surface area (Å²) in [6, 6.07) is 4.49. The molecular weight excluding hydrogens is 221 g/mol. The summed E-state index contributed by atoms with van der Waals surface area (Å²) in [5.74, 6) is 0.238. The van der Waals surface area contributed by atoms with Gasteiger partial charge in [0.05, 0.1) is 18.9 Å². The van der Waals surface area contributed by atoms with Gasteiger partial charge in [0.25, 0.3) is 0 Å².